The first-order valence-corrected chi connectivity index (χ1v) is 10.2. The minimum absolute atomic E-state index is 0. The first-order valence-electron chi connectivity index (χ1n) is 9.29. The summed E-state index contributed by atoms with van der Waals surface area (Å²) in [4.78, 5) is 1.38. The van der Waals surface area contributed by atoms with E-state index in [0.717, 1.165) is 11.3 Å². The molecule has 2 unspecified atom stereocenters. The van der Waals surface area contributed by atoms with Crippen LogP contribution >= 0.6 is 23.7 Å². The zero-order chi connectivity index (χ0) is 17.6. The van der Waals surface area contributed by atoms with Crippen molar-refractivity contribution in [1.82, 2.24) is 5.32 Å². The molecule has 2 aromatic rings. The molecule has 3 rings (SSSR count). The van der Waals surface area contributed by atoms with Gasteiger partial charge in [-0.1, -0.05) is 31.0 Å². The molecule has 0 radical (unpaired) electrons. The van der Waals surface area contributed by atoms with Crippen molar-refractivity contribution in [3.8, 4) is 5.75 Å². The second-order valence-electron chi connectivity index (χ2n) is 7.11. The van der Waals surface area contributed by atoms with Crippen LogP contribution in [-0.4, -0.2) is 24.4 Å². The molecule has 26 heavy (non-hydrogen) atoms. The van der Waals surface area contributed by atoms with Gasteiger partial charge in [-0.2, -0.15) is 0 Å². The lowest BCUT2D eigenvalue weighted by Gasteiger charge is -2.25. The lowest BCUT2D eigenvalue weighted by Crippen LogP contribution is -2.36. The van der Waals surface area contributed by atoms with Gasteiger partial charge >= 0.3 is 0 Å². The average Bonchev–Trinajstić information content (AvgIpc) is 3.30. The van der Waals surface area contributed by atoms with Gasteiger partial charge in [-0.3, -0.25) is 0 Å². The Morgan fingerprint density at radius 2 is 1.96 bits per heavy atom. The van der Waals surface area contributed by atoms with Crippen molar-refractivity contribution < 1.29 is 9.84 Å². The van der Waals surface area contributed by atoms with Crippen LogP contribution < -0.4 is 10.1 Å². The standard InChI is InChI=1S/C21H29NO2S.ClH/c1-15-7-5-10-19(16(15)2)24-14-18(23)13-22-21(17-8-3-4-9-17)20-11-6-12-25-20;/h5-7,10-12,17-18,21-23H,3-4,8-9,13-14H2,1-2H3;1H. The molecule has 2 N–H and O–H groups in total. The highest BCUT2D eigenvalue weighted by Gasteiger charge is 2.27. The van der Waals surface area contributed by atoms with Gasteiger partial charge in [0.25, 0.3) is 0 Å². The molecule has 2 atom stereocenters. The summed E-state index contributed by atoms with van der Waals surface area (Å²) in [5.74, 6) is 1.55. The van der Waals surface area contributed by atoms with Crippen LogP contribution in [0.4, 0.5) is 0 Å². The van der Waals surface area contributed by atoms with Gasteiger partial charge < -0.3 is 15.2 Å². The van der Waals surface area contributed by atoms with Crippen molar-refractivity contribution in [1.29, 1.82) is 0 Å². The van der Waals surface area contributed by atoms with Crippen LogP contribution in [-0.2, 0) is 0 Å². The van der Waals surface area contributed by atoms with Gasteiger partial charge in [-0.15, -0.1) is 23.7 Å². The van der Waals surface area contributed by atoms with Crippen LogP contribution in [0.15, 0.2) is 35.7 Å². The van der Waals surface area contributed by atoms with E-state index in [1.165, 1.54) is 36.1 Å². The van der Waals surface area contributed by atoms with Crippen molar-refractivity contribution in [2.75, 3.05) is 13.2 Å². The molecule has 3 nitrogen and oxygen atoms in total. The Morgan fingerprint density at radius 1 is 1.19 bits per heavy atom. The number of aliphatic hydroxyl groups is 1. The molecule has 1 aliphatic carbocycles. The largest absolute Gasteiger partial charge is 0.491 e. The van der Waals surface area contributed by atoms with Gasteiger partial charge in [0.05, 0.1) is 0 Å². The first kappa shape index (κ1) is 21.2. The molecule has 1 fully saturated rings. The number of halogens is 1. The molecule has 1 aliphatic rings. The van der Waals surface area contributed by atoms with Crippen LogP contribution in [0.1, 0.15) is 47.7 Å². The minimum Gasteiger partial charge on any atom is -0.491 e. The summed E-state index contributed by atoms with van der Waals surface area (Å²) < 4.78 is 5.84. The highest BCUT2D eigenvalue weighted by atomic mass is 35.5. The summed E-state index contributed by atoms with van der Waals surface area (Å²) in [6.45, 7) is 5.01. The number of aliphatic hydroxyl groups excluding tert-OH is 1. The Morgan fingerprint density at radius 3 is 2.65 bits per heavy atom. The molecule has 0 spiro atoms. The van der Waals surface area contributed by atoms with Gasteiger partial charge in [0.15, 0.2) is 0 Å². The van der Waals surface area contributed by atoms with Crippen LogP contribution in [0.25, 0.3) is 0 Å². The zero-order valence-electron chi connectivity index (χ0n) is 15.6. The Balaban J connectivity index is 0.00000243. The van der Waals surface area contributed by atoms with E-state index in [2.05, 4.69) is 42.7 Å². The summed E-state index contributed by atoms with van der Waals surface area (Å²) in [6.07, 6.45) is 4.71. The second kappa shape index (κ2) is 10.3. The molecule has 0 amide bonds. The van der Waals surface area contributed by atoms with Crippen LogP contribution in [0.3, 0.4) is 0 Å². The lowest BCUT2D eigenvalue weighted by atomic mass is 9.96. The average molecular weight is 396 g/mol. The van der Waals surface area contributed by atoms with Crippen LogP contribution in [0.2, 0.25) is 0 Å². The molecular formula is C21H30ClNO2S. The molecule has 144 valence electrons. The minimum atomic E-state index is -0.510. The highest BCUT2D eigenvalue weighted by molar-refractivity contribution is 7.10. The van der Waals surface area contributed by atoms with Crippen molar-refractivity contribution in [2.24, 2.45) is 5.92 Å². The summed E-state index contributed by atoms with van der Waals surface area (Å²) in [7, 11) is 0. The number of hydrogen-bond donors (Lipinski definition) is 2. The fraction of sp³-hybridized carbons (Fsp3) is 0.524. The summed E-state index contributed by atoms with van der Waals surface area (Å²) in [5, 5.41) is 16.1. The van der Waals surface area contributed by atoms with E-state index in [1.54, 1.807) is 0 Å². The van der Waals surface area contributed by atoms with Gasteiger partial charge in [0.1, 0.15) is 18.5 Å². The Bertz CT molecular complexity index is 656. The maximum Gasteiger partial charge on any atom is 0.122 e. The Hall–Kier alpha value is -1.07. The number of hydrogen-bond acceptors (Lipinski definition) is 4. The second-order valence-corrected chi connectivity index (χ2v) is 8.09. The first-order chi connectivity index (χ1) is 12.1. The molecular weight excluding hydrogens is 366 g/mol. The van der Waals surface area contributed by atoms with E-state index in [9.17, 15) is 5.11 Å². The monoisotopic (exact) mass is 395 g/mol. The van der Waals surface area contributed by atoms with E-state index in [4.69, 9.17) is 4.74 Å². The summed E-state index contributed by atoms with van der Waals surface area (Å²) in [6, 6.07) is 10.7. The van der Waals surface area contributed by atoms with E-state index in [-0.39, 0.29) is 12.4 Å². The molecule has 0 saturated heterocycles. The topological polar surface area (TPSA) is 41.5 Å². The predicted molar refractivity (Wildman–Crippen MR) is 112 cm³/mol. The molecule has 0 bridgehead atoms. The predicted octanol–water partition coefficient (Wildman–Crippen LogP) is 5.05. The number of aryl methyl sites for hydroxylation is 1. The van der Waals surface area contributed by atoms with Crippen molar-refractivity contribution in [2.45, 2.75) is 51.7 Å². The SMILES string of the molecule is Cc1cccc(OCC(O)CNC(c2cccs2)C2CCCC2)c1C.Cl. The smallest absolute Gasteiger partial charge is 0.122 e. The van der Waals surface area contributed by atoms with Crippen LogP contribution in [0, 0.1) is 19.8 Å². The third-order valence-electron chi connectivity index (χ3n) is 5.28. The molecule has 1 aromatic carbocycles. The summed E-state index contributed by atoms with van der Waals surface area (Å²) in [5.41, 5.74) is 2.36. The third-order valence-corrected chi connectivity index (χ3v) is 6.24. The van der Waals surface area contributed by atoms with E-state index in [0.29, 0.717) is 25.1 Å². The molecule has 1 saturated carbocycles. The summed E-state index contributed by atoms with van der Waals surface area (Å²) >= 11 is 1.81. The Kier molecular flexibility index (Phi) is 8.42. The number of ether oxygens (including phenoxy) is 1. The lowest BCUT2D eigenvalue weighted by molar-refractivity contribution is 0.101. The van der Waals surface area contributed by atoms with E-state index >= 15 is 0 Å². The maximum atomic E-state index is 10.4. The molecule has 0 aliphatic heterocycles. The van der Waals surface area contributed by atoms with Gasteiger partial charge in [0, 0.05) is 17.5 Å². The third kappa shape index (κ3) is 5.46. The van der Waals surface area contributed by atoms with Crippen LogP contribution in [0.5, 0.6) is 5.75 Å². The fourth-order valence-corrected chi connectivity index (χ4v) is 4.54. The Labute approximate surface area is 167 Å². The normalized spacial score (nSPS) is 16.9. The van der Waals surface area contributed by atoms with Crippen molar-refractivity contribution >= 4 is 23.7 Å². The number of benzene rings is 1. The number of nitrogens with one attached hydrogen (secondary N) is 1. The van der Waals surface area contributed by atoms with E-state index in [1.807, 2.05) is 23.5 Å². The van der Waals surface area contributed by atoms with Crippen molar-refractivity contribution in [3.63, 3.8) is 0 Å². The highest BCUT2D eigenvalue weighted by Crippen LogP contribution is 2.37. The number of thiophene rings is 1. The molecule has 5 heteroatoms. The van der Waals surface area contributed by atoms with Gasteiger partial charge in [-0.05, 0) is 61.2 Å². The molecule has 1 aromatic heterocycles. The van der Waals surface area contributed by atoms with Crippen molar-refractivity contribution in [3.05, 3.63) is 51.7 Å². The fourth-order valence-electron chi connectivity index (χ4n) is 3.65. The zero-order valence-corrected chi connectivity index (χ0v) is 17.2. The van der Waals surface area contributed by atoms with Gasteiger partial charge in [-0.25, -0.2) is 0 Å². The molecule has 1 heterocycles. The van der Waals surface area contributed by atoms with Gasteiger partial charge in [0.2, 0.25) is 0 Å². The maximum absolute atomic E-state index is 10.4. The quantitative estimate of drug-likeness (QED) is 0.657. The number of rotatable bonds is 8. The van der Waals surface area contributed by atoms with E-state index < -0.39 is 6.10 Å².